The Balaban J connectivity index is 1.90. The zero-order valence-electron chi connectivity index (χ0n) is 11.5. The van der Waals surface area contributed by atoms with Gasteiger partial charge in [0.05, 0.1) is 4.92 Å². The Hall–Kier alpha value is -0.940. The second kappa shape index (κ2) is 7.01. The summed E-state index contributed by atoms with van der Waals surface area (Å²) in [5, 5.41) is 12.9. The van der Waals surface area contributed by atoms with E-state index in [4.69, 9.17) is 0 Å². The second-order valence-corrected chi connectivity index (χ2v) is 6.35. The first-order valence-electron chi connectivity index (χ1n) is 7.09. The molecule has 0 atom stereocenters. The molecule has 0 aliphatic heterocycles. The normalized spacial score (nSPS) is 18.2. The predicted octanol–water partition coefficient (Wildman–Crippen LogP) is 4.20. The number of hydrogen-bond donors (Lipinski definition) is 0. The van der Waals surface area contributed by atoms with E-state index in [0.29, 0.717) is 6.04 Å². The van der Waals surface area contributed by atoms with Crippen molar-refractivity contribution in [2.24, 2.45) is 0 Å². The SMILES string of the molecule is CN(Cc1csc([N+](=O)[O-])c1)C1CCCCCCC1. The van der Waals surface area contributed by atoms with E-state index in [2.05, 4.69) is 11.9 Å². The van der Waals surface area contributed by atoms with Crippen LogP contribution in [0.2, 0.25) is 0 Å². The molecule has 0 aromatic carbocycles. The highest BCUT2D eigenvalue weighted by Crippen LogP contribution is 2.26. The average Bonchev–Trinajstić information content (AvgIpc) is 2.76. The second-order valence-electron chi connectivity index (χ2n) is 5.46. The fraction of sp³-hybridized carbons (Fsp3) is 0.714. The smallest absolute Gasteiger partial charge is 0.299 e. The topological polar surface area (TPSA) is 46.4 Å². The summed E-state index contributed by atoms with van der Waals surface area (Å²) in [7, 11) is 2.15. The summed E-state index contributed by atoms with van der Waals surface area (Å²) in [4.78, 5) is 12.8. The fourth-order valence-corrected chi connectivity index (χ4v) is 3.55. The number of nitrogens with zero attached hydrogens (tertiary/aromatic N) is 2. The van der Waals surface area contributed by atoms with E-state index in [-0.39, 0.29) is 9.92 Å². The molecule has 0 N–H and O–H groups in total. The molecule has 1 fully saturated rings. The highest BCUT2D eigenvalue weighted by atomic mass is 32.1. The predicted molar refractivity (Wildman–Crippen MR) is 78.5 cm³/mol. The van der Waals surface area contributed by atoms with E-state index in [0.717, 1.165) is 12.1 Å². The zero-order valence-corrected chi connectivity index (χ0v) is 12.3. The molecule has 5 heteroatoms. The number of thiophene rings is 1. The van der Waals surface area contributed by atoms with Crippen molar-refractivity contribution in [3.63, 3.8) is 0 Å². The van der Waals surface area contributed by atoms with Crippen LogP contribution in [0.25, 0.3) is 0 Å². The highest BCUT2D eigenvalue weighted by molar-refractivity contribution is 7.13. The van der Waals surface area contributed by atoms with E-state index in [1.54, 1.807) is 6.07 Å². The van der Waals surface area contributed by atoms with Crippen LogP contribution in [0.5, 0.6) is 0 Å². The van der Waals surface area contributed by atoms with Crippen molar-refractivity contribution < 1.29 is 4.92 Å². The first-order chi connectivity index (χ1) is 9.16. The van der Waals surface area contributed by atoms with Crippen molar-refractivity contribution in [1.82, 2.24) is 4.90 Å². The lowest BCUT2D eigenvalue weighted by molar-refractivity contribution is -0.380. The Kier molecular flexibility index (Phi) is 5.34. The monoisotopic (exact) mass is 282 g/mol. The van der Waals surface area contributed by atoms with Gasteiger partial charge in [0.2, 0.25) is 0 Å². The molecule has 0 amide bonds. The molecule has 0 unspecified atom stereocenters. The van der Waals surface area contributed by atoms with Gasteiger partial charge in [0.25, 0.3) is 0 Å². The highest BCUT2D eigenvalue weighted by Gasteiger charge is 2.18. The maximum absolute atomic E-state index is 10.7. The molecule has 1 aromatic rings. The summed E-state index contributed by atoms with van der Waals surface area (Å²) in [5.74, 6) is 0. The maximum Gasteiger partial charge on any atom is 0.324 e. The average molecular weight is 282 g/mol. The first kappa shape index (κ1) is 14.5. The molecule has 4 nitrogen and oxygen atoms in total. The van der Waals surface area contributed by atoms with E-state index in [9.17, 15) is 10.1 Å². The van der Waals surface area contributed by atoms with E-state index < -0.39 is 0 Å². The van der Waals surface area contributed by atoms with Gasteiger partial charge in [-0.25, -0.2) is 0 Å². The van der Waals surface area contributed by atoms with Gasteiger partial charge in [-0.1, -0.05) is 43.4 Å². The van der Waals surface area contributed by atoms with Gasteiger partial charge in [-0.15, -0.1) is 0 Å². The van der Waals surface area contributed by atoms with Gasteiger partial charge < -0.3 is 0 Å². The lowest BCUT2D eigenvalue weighted by Crippen LogP contribution is -2.31. The van der Waals surface area contributed by atoms with Crippen LogP contribution in [0.1, 0.15) is 50.5 Å². The van der Waals surface area contributed by atoms with Gasteiger partial charge in [0.15, 0.2) is 0 Å². The minimum atomic E-state index is -0.302. The van der Waals surface area contributed by atoms with Crippen LogP contribution < -0.4 is 0 Å². The lowest BCUT2D eigenvalue weighted by Gasteiger charge is -2.29. The largest absolute Gasteiger partial charge is 0.324 e. The molecule has 1 aliphatic carbocycles. The molecule has 0 spiro atoms. The van der Waals surface area contributed by atoms with Gasteiger partial charge in [-0.05, 0) is 25.5 Å². The van der Waals surface area contributed by atoms with E-state index >= 15 is 0 Å². The Morgan fingerprint density at radius 2 is 1.95 bits per heavy atom. The van der Waals surface area contributed by atoms with Crippen LogP contribution in [-0.2, 0) is 6.54 Å². The van der Waals surface area contributed by atoms with Crippen LogP contribution in [0.4, 0.5) is 5.00 Å². The maximum atomic E-state index is 10.7. The molecule has 19 heavy (non-hydrogen) atoms. The van der Waals surface area contributed by atoms with Crippen LogP contribution >= 0.6 is 11.3 Å². The summed E-state index contributed by atoms with van der Waals surface area (Å²) < 4.78 is 0. The summed E-state index contributed by atoms with van der Waals surface area (Å²) in [6.45, 7) is 0.828. The first-order valence-corrected chi connectivity index (χ1v) is 7.97. The molecule has 1 aromatic heterocycles. The van der Waals surface area contributed by atoms with Crippen molar-refractivity contribution >= 4 is 16.3 Å². The molecule has 0 saturated heterocycles. The molecule has 106 valence electrons. The number of rotatable bonds is 4. The molecular weight excluding hydrogens is 260 g/mol. The standard InChI is InChI=1S/C14H22N2O2S/c1-15(13-7-5-3-2-4-6-8-13)10-12-9-14(16(17)18)19-11-12/h9,11,13H,2-8,10H2,1H3. The van der Waals surface area contributed by atoms with Crippen LogP contribution in [0, 0.1) is 10.1 Å². The van der Waals surface area contributed by atoms with Crippen molar-refractivity contribution in [3.8, 4) is 0 Å². The Bertz CT molecular complexity index is 411. The third kappa shape index (κ3) is 4.28. The van der Waals surface area contributed by atoms with Crippen LogP contribution in [0.15, 0.2) is 11.4 Å². The minimum Gasteiger partial charge on any atom is -0.299 e. The van der Waals surface area contributed by atoms with Crippen LogP contribution in [0.3, 0.4) is 0 Å². The Morgan fingerprint density at radius 1 is 1.32 bits per heavy atom. The number of hydrogen-bond acceptors (Lipinski definition) is 4. The van der Waals surface area contributed by atoms with Crippen molar-refractivity contribution in [3.05, 3.63) is 27.1 Å². The molecule has 1 aliphatic rings. The summed E-state index contributed by atoms with van der Waals surface area (Å²) in [6.07, 6.45) is 9.26. The molecule has 1 saturated carbocycles. The minimum absolute atomic E-state index is 0.251. The third-order valence-electron chi connectivity index (χ3n) is 3.95. The molecule has 2 rings (SSSR count). The summed E-state index contributed by atoms with van der Waals surface area (Å²) in [6, 6.07) is 2.35. The Morgan fingerprint density at radius 3 is 2.53 bits per heavy atom. The zero-order chi connectivity index (χ0) is 13.7. The molecule has 0 radical (unpaired) electrons. The summed E-state index contributed by atoms with van der Waals surface area (Å²) in [5.41, 5.74) is 1.07. The van der Waals surface area contributed by atoms with Gasteiger partial charge >= 0.3 is 5.00 Å². The van der Waals surface area contributed by atoms with E-state index in [1.807, 2.05) is 5.38 Å². The Labute approximate surface area is 118 Å². The van der Waals surface area contributed by atoms with Crippen LogP contribution in [-0.4, -0.2) is 22.9 Å². The molecular formula is C14H22N2O2S. The number of nitro groups is 1. The van der Waals surface area contributed by atoms with Crippen molar-refractivity contribution in [2.75, 3.05) is 7.05 Å². The van der Waals surface area contributed by atoms with E-state index in [1.165, 1.54) is 56.3 Å². The van der Waals surface area contributed by atoms with Gasteiger partial charge in [0, 0.05) is 24.0 Å². The molecule has 0 bridgehead atoms. The van der Waals surface area contributed by atoms with Gasteiger partial charge in [-0.3, -0.25) is 15.0 Å². The van der Waals surface area contributed by atoms with Crippen molar-refractivity contribution in [1.29, 1.82) is 0 Å². The van der Waals surface area contributed by atoms with Gasteiger partial charge in [0.1, 0.15) is 0 Å². The third-order valence-corrected chi connectivity index (χ3v) is 4.88. The molecule has 1 heterocycles. The summed E-state index contributed by atoms with van der Waals surface area (Å²) >= 11 is 1.23. The van der Waals surface area contributed by atoms with Gasteiger partial charge in [-0.2, -0.15) is 0 Å². The lowest BCUT2D eigenvalue weighted by atomic mass is 9.96. The quantitative estimate of drug-likeness (QED) is 0.614. The fourth-order valence-electron chi connectivity index (χ4n) is 2.83. The van der Waals surface area contributed by atoms with Crippen molar-refractivity contribution in [2.45, 2.75) is 57.5 Å².